The average molecular weight is 453 g/mol. The number of amides is 1. The summed E-state index contributed by atoms with van der Waals surface area (Å²) in [4.78, 5) is 38.2. The zero-order valence-electron chi connectivity index (χ0n) is 17.8. The normalized spacial score (nSPS) is 20.5. The fourth-order valence-corrected chi connectivity index (χ4v) is 5.61. The topological polar surface area (TPSA) is 110 Å². The van der Waals surface area contributed by atoms with Crippen molar-refractivity contribution in [2.75, 3.05) is 33.4 Å². The lowest BCUT2D eigenvalue weighted by atomic mass is 9.97. The van der Waals surface area contributed by atoms with Crippen LogP contribution in [0.3, 0.4) is 0 Å². The molecule has 1 amide bonds. The van der Waals surface area contributed by atoms with Crippen molar-refractivity contribution in [1.82, 2.24) is 9.21 Å². The molecule has 2 fully saturated rings. The number of rotatable bonds is 6. The summed E-state index contributed by atoms with van der Waals surface area (Å²) in [6, 6.07) is 5.51. The van der Waals surface area contributed by atoms with Gasteiger partial charge in [-0.2, -0.15) is 4.31 Å². The first-order chi connectivity index (χ1) is 14.7. The van der Waals surface area contributed by atoms with E-state index in [1.807, 2.05) is 6.92 Å². The Morgan fingerprint density at radius 1 is 1.00 bits per heavy atom. The zero-order valence-corrected chi connectivity index (χ0v) is 18.6. The molecule has 2 heterocycles. The standard InChI is InChI=1S/C21H28N2O7S/c1-15-5-7-17(8-6-15)31(27,28)23-11-3-4-18(23)21(26)30-14-19(24)22-12-9-16(10-13-22)20(25)29-2/h5-8,16,18H,3-4,9-14H2,1-2H3. The summed E-state index contributed by atoms with van der Waals surface area (Å²) < 4.78 is 37.0. The molecule has 1 aromatic rings. The minimum absolute atomic E-state index is 0.127. The molecule has 9 nitrogen and oxygen atoms in total. The van der Waals surface area contributed by atoms with E-state index in [1.165, 1.54) is 19.2 Å². The molecule has 0 N–H and O–H groups in total. The summed E-state index contributed by atoms with van der Waals surface area (Å²) >= 11 is 0. The molecule has 0 aliphatic carbocycles. The molecule has 2 aliphatic rings. The number of nitrogens with zero attached hydrogens (tertiary/aromatic N) is 2. The molecule has 3 rings (SSSR count). The number of hydrogen-bond acceptors (Lipinski definition) is 7. The van der Waals surface area contributed by atoms with E-state index in [0.717, 1.165) is 9.87 Å². The van der Waals surface area contributed by atoms with Gasteiger partial charge in [0, 0.05) is 19.6 Å². The molecule has 170 valence electrons. The smallest absolute Gasteiger partial charge is 0.324 e. The van der Waals surface area contributed by atoms with Gasteiger partial charge in [-0.15, -0.1) is 0 Å². The number of ether oxygens (including phenoxy) is 2. The molecule has 2 saturated heterocycles. The van der Waals surface area contributed by atoms with Crippen molar-refractivity contribution in [2.45, 2.75) is 43.5 Å². The number of carbonyl (C=O) groups excluding carboxylic acids is 3. The maximum atomic E-state index is 13.0. The second-order valence-electron chi connectivity index (χ2n) is 7.87. The first kappa shape index (κ1) is 23.2. The van der Waals surface area contributed by atoms with Crippen LogP contribution in [-0.4, -0.2) is 74.9 Å². The zero-order chi connectivity index (χ0) is 22.6. The Bertz CT molecular complexity index is 922. The average Bonchev–Trinajstić information content (AvgIpc) is 3.28. The molecule has 0 radical (unpaired) electrons. The van der Waals surface area contributed by atoms with Crippen molar-refractivity contribution in [3.05, 3.63) is 29.8 Å². The molecule has 1 unspecified atom stereocenters. The lowest BCUT2D eigenvalue weighted by Crippen LogP contribution is -2.44. The number of aryl methyl sites for hydroxylation is 1. The van der Waals surface area contributed by atoms with Crippen molar-refractivity contribution in [1.29, 1.82) is 0 Å². The second kappa shape index (κ2) is 9.78. The van der Waals surface area contributed by atoms with Crippen LogP contribution in [0, 0.1) is 12.8 Å². The Morgan fingerprint density at radius 2 is 1.65 bits per heavy atom. The quantitative estimate of drug-likeness (QED) is 0.595. The van der Waals surface area contributed by atoms with Crippen LogP contribution in [0.15, 0.2) is 29.2 Å². The Morgan fingerprint density at radius 3 is 2.26 bits per heavy atom. The van der Waals surface area contributed by atoms with Crippen LogP contribution in [0.25, 0.3) is 0 Å². The molecule has 31 heavy (non-hydrogen) atoms. The van der Waals surface area contributed by atoms with Gasteiger partial charge >= 0.3 is 11.9 Å². The Kier molecular flexibility index (Phi) is 7.32. The Hall–Kier alpha value is -2.46. The van der Waals surface area contributed by atoms with Gasteiger partial charge in [-0.3, -0.25) is 14.4 Å². The number of methoxy groups -OCH3 is 1. The first-order valence-corrected chi connectivity index (χ1v) is 11.8. The molecule has 2 aliphatic heterocycles. The highest BCUT2D eigenvalue weighted by Gasteiger charge is 2.40. The largest absolute Gasteiger partial charge is 0.469 e. The van der Waals surface area contributed by atoms with Gasteiger partial charge in [-0.05, 0) is 44.7 Å². The van der Waals surface area contributed by atoms with Crippen molar-refractivity contribution < 1.29 is 32.3 Å². The minimum Gasteiger partial charge on any atom is -0.469 e. The summed E-state index contributed by atoms with van der Waals surface area (Å²) in [5, 5.41) is 0. The number of hydrogen-bond donors (Lipinski definition) is 0. The van der Waals surface area contributed by atoms with Gasteiger partial charge < -0.3 is 14.4 Å². The van der Waals surface area contributed by atoms with Crippen LogP contribution in [0.1, 0.15) is 31.2 Å². The molecular formula is C21H28N2O7S. The highest BCUT2D eigenvalue weighted by Crippen LogP contribution is 2.27. The first-order valence-electron chi connectivity index (χ1n) is 10.3. The lowest BCUT2D eigenvalue weighted by molar-refractivity contribution is -0.156. The van der Waals surface area contributed by atoms with E-state index < -0.39 is 28.6 Å². The van der Waals surface area contributed by atoms with Gasteiger partial charge in [-0.25, -0.2) is 8.42 Å². The molecule has 0 saturated carbocycles. The van der Waals surface area contributed by atoms with Crippen LogP contribution < -0.4 is 0 Å². The summed E-state index contributed by atoms with van der Waals surface area (Å²) in [7, 11) is -2.49. The summed E-state index contributed by atoms with van der Waals surface area (Å²) in [6.45, 7) is 2.41. The van der Waals surface area contributed by atoms with Crippen LogP contribution >= 0.6 is 0 Å². The van der Waals surface area contributed by atoms with E-state index in [1.54, 1.807) is 17.0 Å². The number of likely N-dealkylation sites (tertiary alicyclic amines) is 1. The number of sulfonamides is 1. The highest BCUT2D eigenvalue weighted by atomic mass is 32.2. The molecule has 0 bridgehead atoms. The number of piperidine rings is 1. The van der Waals surface area contributed by atoms with Crippen molar-refractivity contribution in [2.24, 2.45) is 5.92 Å². The number of carbonyl (C=O) groups is 3. The third-order valence-electron chi connectivity index (χ3n) is 5.82. The highest BCUT2D eigenvalue weighted by molar-refractivity contribution is 7.89. The second-order valence-corrected chi connectivity index (χ2v) is 9.76. The van der Waals surface area contributed by atoms with Gasteiger partial charge in [0.15, 0.2) is 6.61 Å². The van der Waals surface area contributed by atoms with Gasteiger partial charge in [0.25, 0.3) is 5.91 Å². The van der Waals surface area contributed by atoms with Gasteiger partial charge in [0.1, 0.15) is 6.04 Å². The van der Waals surface area contributed by atoms with Crippen LogP contribution in [0.4, 0.5) is 0 Å². The lowest BCUT2D eigenvalue weighted by Gasteiger charge is -2.30. The maximum Gasteiger partial charge on any atom is 0.324 e. The predicted molar refractivity (Wildman–Crippen MR) is 110 cm³/mol. The maximum absolute atomic E-state index is 13.0. The SMILES string of the molecule is COC(=O)C1CCN(C(=O)COC(=O)C2CCCN2S(=O)(=O)c2ccc(C)cc2)CC1. The fraction of sp³-hybridized carbons (Fsp3) is 0.571. The number of benzene rings is 1. The Labute approximate surface area is 182 Å². The fourth-order valence-electron chi connectivity index (χ4n) is 3.96. The van der Waals surface area contributed by atoms with E-state index >= 15 is 0 Å². The van der Waals surface area contributed by atoms with E-state index in [2.05, 4.69) is 0 Å². The van der Waals surface area contributed by atoms with E-state index in [4.69, 9.17) is 9.47 Å². The minimum atomic E-state index is -3.83. The number of esters is 2. The van der Waals surface area contributed by atoms with Crippen molar-refractivity contribution in [3.63, 3.8) is 0 Å². The summed E-state index contributed by atoms with van der Waals surface area (Å²) in [6.07, 6.45) is 1.89. The Balaban J connectivity index is 1.56. The molecular weight excluding hydrogens is 424 g/mol. The van der Waals surface area contributed by atoms with Crippen LogP contribution in [0.2, 0.25) is 0 Å². The van der Waals surface area contributed by atoms with Gasteiger partial charge in [0.2, 0.25) is 10.0 Å². The third kappa shape index (κ3) is 5.24. The van der Waals surface area contributed by atoms with E-state index in [0.29, 0.717) is 38.8 Å². The predicted octanol–water partition coefficient (Wildman–Crippen LogP) is 1.10. The van der Waals surface area contributed by atoms with E-state index in [9.17, 15) is 22.8 Å². The third-order valence-corrected chi connectivity index (χ3v) is 7.75. The van der Waals surface area contributed by atoms with Crippen LogP contribution in [0.5, 0.6) is 0 Å². The van der Waals surface area contributed by atoms with Gasteiger partial charge in [0.05, 0.1) is 17.9 Å². The molecule has 1 atom stereocenters. The molecule has 1 aromatic carbocycles. The molecule has 10 heteroatoms. The van der Waals surface area contributed by atoms with E-state index in [-0.39, 0.29) is 29.2 Å². The summed E-state index contributed by atoms with van der Waals surface area (Å²) in [5.41, 5.74) is 0.936. The van der Waals surface area contributed by atoms with Crippen molar-refractivity contribution in [3.8, 4) is 0 Å². The van der Waals surface area contributed by atoms with Gasteiger partial charge in [-0.1, -0.05) is 17.7 Å². The van der Waals surface area contributed by atoms with Crippen LogP contribution in [-0.2, 0) is 33.9 Å². The summed E-state index contributed by atoms with van der Waals surface area (Å²) in [5.74, 6) is -1.58. The van der Waals surface area contributed by atoms with Crippen molar-refractivity contribution >= 4 is 27.9 Å². The molecule has 0 aromatic heterocycles. The molecule has 0 spiro atoms. The monoisotopic (exact) mass is 452 g/mol.